The fourth-order valence-electron chi connectivity index (χ4n) is 0.895. The highest BCUT2D eigenvalue weighted by molar-refractivity contribution is 6.42. The second-order valence-electron chi connectivity index (χ2n) is 2.28. The van der Waals surface area contributed by atoms with E-state index in [1.165, 1.54) is 7.11 Å². The van der Waals surface area contributed by atoms with Gasteiger partial charge in [0.05, 0.1) is 0 Å². The molecular weight excluding hydrogens is 170 g/mol. The molecule has 1 radical (unpaired) electrons. The number of nitrogens with zero attached hydrogens (tertiary/aromatic N) is 1. The highest BCUT2D eigenvalue weighted by Gasteiger charge is 2.14. The maximum atomic E-state index is 10.6. The van der Waals surface area contributed by atoms with Gasteiger partial charge in [0.1, 0.15) is 7.11 Å². The number of carbonyl (C=O) groups excluding carboxylic acids is 1. The first kappa shape index (κ1) is 9.25. The van der Waals surface area contributed by atoms with Crippen molar-refractivity contribution in [3.05, 3.63) is 35.9 Å². The van der Waals surface area contributed by atoms with E-state index in [9.17, 15) is 9.90 Å². The van der Waals surface area contributed by atoms with Gasteiger partial charge in [-0.15, -0.1) is 0 Å². The lowest BCUT2D eigenvalue weighted by molar-refractivity contribution is -0.135. The summed E-state index contributed by atoms with van der Waals surface area (Å²) in [6.45, 7) is 0. The average molecular weight is 178 g/mol. The van der Waals surface area contributed by atoms with Crippen molar-refractivity contribution in [2.24, 2.45) is 5.16 Å². The monoisotopic (exact) mass is 178 g/mol. The van der Waals surface area contributed by atoms with Crippen LogP contribution in [0.5, 0.6) is 0 Å². The van der Waals surface area contributed by atoms with E-state index in [2.05, 4.69) is 9.99 Å². The predicted octanol–water partition coefficient (Wildman–Crippen LogP) is 0.994. The van der Waals surface area contributed by atoms with Crippen molar-refractivity contribution in [1.82, 2.24) is 0 Å². The van der Waals surface area contributed by atoms with Crippen molar-refractivity contribution in [1.29, 1.82) is 0 Å². The lowest BCUT2D eigenvalue weighted by Crippen LogP contribution is -2.13. The van der Waals surface area contributed by atoms with Gasteiger partial charge in [-0.2, -0.15) is 0 Å². The van der Waals surface area contributed by atoms with Crippen LogP contribution in [-0.4, -0.2) is 18.8 Å². The molecule has 0 aliphatic heterocycles. The molecule has 0 fully saturated rings. The molecule has 0 atom stereocenters. The quantitative estimate of drug-likeness (QED) is 0.512. The molecule has 4 nitrogen and oxygen atoms in total. The number of hydrogen-bond acceptors (Lipinski definition) is 3. The average Bonchev–Trinajstić information content (AvgIpc) is 2.15. The Morgan fingerprint density at radius 2 is 1.92 bits per heavy atom. The smallest absolute Gasteiger partial charge is 0.398 e. The molecule has 0 N–H and O–H groups in total. The first-order chi connectivity index (χ1) is 6.25. The van der Waals surface area contributed by atoms with Crippen molar-refractivity contribution >= 4 is 11.7 Å². The molecule has 0 bridgehead atoms. The standard InChI is InChI=1S/C9H8NO3/c1-13-10-8(9(11)12)7-5-3-2-4-6-7/h2-6H,1H3/b10-8+. The van der Waals surface area contributed by atoms with Crippen molar-refractivity contribution in [3.63, 3.8) is 0 Å². The molecule has 0 aliphatic rings. The van der Waals surface area contributed by atoms with Gasteiger partial charge in [0.15, 0.2) is 5.71 Å². The number of benzene rings is 1. The maximum Gasteiger partial charge on any atom is 0.408 e. The van der Waals surface area contributed by atoms with Crippen LogP contribution in [0, 0.1) is 0 Å². The van der Waals surface area contributed by atoms with E-state index in [-0.39, 0.29) is 5.71 Å². The molecule has 67 valence electrons. The molecule has 1 aromatic rings. The summed E-state index contributed by atoms with van der Waals surface area (Å²) < 4.78 is 0. The molecule has 13 heavy (non-hydrogen) atoms. The molecule has 0 saturated carbocycles. The molecule has 4 heteroatoms. The van der Waals surface area contributed by atoms with Crippen LogP contribution in [0.2, 0.25) is 0 Å². The van der Waals surface area contributed by atoms with Gasteiger partial charge in [-0.05, 0) is 0 Å². The van der Waals surface area contributed by atoms with E-state index in [0.717, 1.165) is 0 Å². The van der Waals surface area contributed by atoms with Crippen molar-refractivity contribution in [3.8, 4) is 0 Å². The van der Waals surface area contributed by atoms with Crippen LogP contribution in [0.15, 0.2) is 35.5 Å². The number of oxime groups is 1. The zero-order valence-corrected chi connectivity index (χ0v) is 7.06. The van der Waals surface area contributed by atoms with Crippen LogP contribution < -0.4 is 0 Å². The Morgan fingerprint density at radius 3 is 2.38 bits per heavy atom. The van der Waals surface area contributed by atoms with E-state index in [0.29, 0.717) is 5.56 Å². The molecule has 1 rings (SSSR count). The highest BCUT2D eigenvalue weighted by Crippen LogP contribution is 2.01. The van der Waals surface area contributed by atoms with Crippen molar-refractivity contribution in [2.45, 2.75) is 0 Å². The van der Waals surface area contributed by atoms with Gasteiger partial charge in [-0.3, -0.25) is 0 Å². The molecule has 0 spiro atoms. The Balaban J connectivity index is 3.03. The molecule has 0 aliphatic carbocycles. The van der Waals surface area contributed by atoms with Gasteiger partial charge < -0.3 is 4.84 Å². The molecule has 0 unspecified atom stereocenters. The minimum absolute atomic E-state index is 0.205. The second kappa shape index (κ2) is 4.25. The number of hydrogen-bond donors (Lipinski definition) is 0. The van der Waals surface area contributed by atoms with Crippen molar-refractivity contribution < 1.29 is 14.7 Å². The molecule has 0 amide bonds. The summed E-state index contributed by atoms with van der Waals surface area (Å²) in [5, 5.41) is 13.9. The van der Waals surface area contributed by atoms with E-state index in [1.54, 1.807) is 30.3 Å². The van der Waals surface area contributed by atoms with Gasteiger partial charge in [0.2, 0.25) is 0 Å². The Labute approximate surface area is 75.4 Å². The number of carbonyl (C=O) groups is 1. The number of rotatable bonds is 3. The van der Waals surface area contributed by atoms with Gasteiger partial charge in [0.25, 0.3) is 0 Å². The predicted molar refractivity (Wildman–Crippen MR) is 45.7 cm³/mol. The SMILES string of the molecule is CO/N=C(/C([O])=O)c1ccccc1. The molecule has 1 aromatic carbocycles. The summed E-state index contributed by atoms with van der Waals surface area (Å²) in [7, 11) is 1.28. The maximum absolute atomic E-state index is 10.6. The van der Waals surface area contributed by atoms with Crippen LogP contribution in [0.4, 0.5) is 0 Å². The van der Waals surface area contributed by atoms with Crippen LogP contribution >= 0.6 is 0 Å². The minimum atomic E-state index is -1.35. The summed E-state index contributed by atoms with van der Waals surface area (Å²) in [6.07, 6.45) is 0. The fraction of sp³-hybridized carbons (Fsp3) is 0.111. The fourth-order valence-corrected chi connectivity index (χ4v) is 0.895. The lowest BCUT2D eigenvalue weighted by atomic mass is 10.1. The lowest BCUT2D eigenvalue weighted by Gasteiger charge is -1.97. The molecule has 0 heterocycles. The van der Waals surface area contributed by atoms with E-state index < -0.39 is 5.97 Å². The second-order valence-corrected chi connectivity index (χ2v) is 2.28. The minimum Gasteiger partial charge on any atom is -0.398 e. The largest absolute Gasteiger partial charge is 0.408 e. The Morgan fingerprint density at radius 1 is 1.31 bits per heavy atom. The van der Waals surface area contributed by atoms with Gasteiger partial charge >= 0.3 is 5.97 Å². The summed E-state index contributed by atoms with van der Waals surface area (Å²) in [5.74, 6) is -1.35. The zero-order chi connectivity index (χ0) is 9.68. The van der Waals surface area contributed by atoms with E-state index in [1.807, 2.05) is 0 Å². The summed E-state index contributed by atoms with van der Waals surface area (Å²) in [4.78, 5) is 15.0. The van der Waals surface area contributed by atoms with Crippen LogP contribution in [-0.2, 0) is 14.7 Å². The van der Waals surface area contributed by atoms with Gasteiger partial charge in [-0.1, -0.05) is 35.5 Å². The molecule has 0 saturated heterocycles. The Hall–Kier alpha value is -1.84. The van der Waals surface area contributed by atoms with Crippen molar-refractivity contribution in [2.75, 3.05) is 7.11 Å². The van der Waals surface area contributed by atoms with Crippen LogP contribution in [0.25, 0.3) is 0 Å². The Kier molecular flexibility index (Phi) is 3.03. The third-order valence-electron chi connectivity index (χ3n) is 1.42. The molecular formula is C9H8NO3. The normalized spacial score (nSPS) is 11.0. The molecule has 0 aromatic heterocycles. The summed E-state index contributed by atoms with van der Waals surface area (Å²) in [5.41, 5.74) is 0.257. The first-order valence-corrected chi connectivity index (χ1v) is 3.63. The Bertz CT molecular complexity index is 319. The van der Waals surface area contributed by atoms with E-state index in [4.69, 9.17) is 0 Å². The first-order valence-electron chi connectivity index (χ1n) is 3.63. The van der Waals surface area contributed by atoms with Gasteiger partial charge in [0, 0.05) is 5.56 Å². The van der Waals surface area contributed by atoms with Gasteiger partial charge in [-0.25, -0.2) is 9.90 Å². The van der Waals surface area contributed by atoms with Crippen LogP contribution in [0.3, 0.4) is 0 Å². The summed E-state index contributed by atoms with van der Waals surface area (Å²) >= 11 is 0. The third kappa shape index (κ3) is 2.30. The topological polar surface area (TPSA) is 58.6 Å². The highest BCUT2D eigenvalue weighted by atomic mass is 16.6. The van der Waals surface area contributed by atoms with E-state index >= 15 is 0 Å². The van der Waals surface area contributed by atoms with Crippen LogP contribution in [0.1, 0.15) is 5.56 Å². The third-order valence-corrected chi connectivity index (χ3v) is 1.42. The summed E-state index contributed by atoms with van der Waals surface area (Å²) in [6, 6.07) is 8.44. The zero-order valence-electron chi connectivity index (χ0n) is 7.06.